The molecule has 0 radical (unpaired) electrons. The Labute approximate surface area is 158 Å². The first-order valence-electron chi connectivity index (χ1n) is 8.69. The molecule has 6 heteroatoms. The van der Waals surface area contributed by atoms with Crippen molar-refractivity contribution in [1.82, 2.24) is 10.2 Å². The third-order valence-electron chi connectivity index (χ3n) is 4.56. The van der Waals surface area contributed by atoms with E-state index in [-0.39, 0.29) is 18.0 Å². The lowest BCUT2D eigenvalue weighted by Crippen LogP contribution is -2.57. The Bertz CT molecular complexity index is 838. The van der Waals surface area contributed by atoms with Gasteiger partial charge in [-0.25, -0.2) is 0 Å². The van der Waals surface area contributed by atoms with Crippen molar-refractivity contribution in [1.29, 1.82) is 5.41 Å². The van der Waals surface area contributed by atoms with E-state index in [9.17, 15) is 4.79 Å². The highest BCUT2D eigenvalue weighted by Crippen LogP contribution is 2.39. The normalized spacial score (nSPS) is 20.5. The minimum absolute atomic E-state index is 0.0504. The second-order valence-electron chi connectivity index (χ2n) is 7.30. The van der Waals surface area contributed by atoms with Crippen molar-refractivity contribution in [3.05, 3.63) is 40.1 Å². The number of hydrogen-bond donors (Lipinski definition) is 2. The first kappa shape index (κ1) is 18.5. The van der Waals surface area contributed by atoms with Crippen molar-refractivity contribution in [2.45, 2.75) is 45.8 Å². The van der Waals surface area contributed by atoms with Crippen molar-refractivity contribution in [2.75, 3.05) is 7.05 Å². The van der Waals surface area contributed by atoms with Crippen LogP contribution in [0.5, 0.6) is 5.75 Å². The lowest BCUT2D eigenvalue weighted by Gasteiger charge is -2.38. The van der Waals surface area contributed by atoms with Crippen LogP contribution in [0.15, 0.2) is 29.6 Å². The van der Waals surface area contributed by atoms with Gasteiger partial charge < -0.3 is 10.1 Å². The number of nitrogens with one attached hydrogen (secondary N) is 2. The number of carbonyl (C=O) groups is 1. The number of aryl methyl sites for hydroxylation is 1. The number of carbonyl (C=O) groups excluding carboxylic acids is 1. The van der Waals surface area contributed by atoms with Crippen LogP contribution in [0.2, 0.25) is 0 Å². The second kappa shape index (κ2) is 6.76. The van der Waals surface area contributed by atoms with Crippen LogP contribution in [-0.4, -0.2) is 29.9 Å². The average Bonchev–Trinajstić information content (AvgIpc) is 3.04. The number of rotatable bonds is 4. The van der Waals surface area contributed by atoms with Crippen LogP contribution in [0.3, 0.4) is 0 Å². The summed E-state index contributed by atoms with van der Waals surface area (Å²) in [5.74, 6) is 0.948. The van der Waals surface area contributed by atoms with Crippen LogP contribution in [0.25, 0.3) is 11.1 Å². The first-order valence-corrected chi connectivity index (χ1v) is 9.57. The van der Waals surface area contributed by atoms with E-state index < -0.39 is 5.54 Å². The minimum Gasteiger partial charge on any atom is -0.490 e. The van der Waals surface area contributed by atoms with Gasteiger partial charge in [0.25, 0.3) is 0 Å². The van der Waals surface area contributed by atoms with Crippen LogP contribution in [-0.2, 0) is 10.3 Å². The van der Waals surface area contributed by atoms with Gasteiger partial charge in [0.1, 0.15) is 5.75 Å². The molecule has 0 aliphatic carbocycles. The summed E-state index contributed by atoms with van der Waals surface area (Å²) in [4.78, 5) is 14.6. The van der Waals surface area contributed by atoms with E-state index in [1.54, 1.807) is 18.4 Å². The molecule has 3 rings (SSSR count). The fourth-order valence-corrected chi connectivity index (χ4v) is 4.10. The van der Waals surface area contributed by atoms with Gasteiger partial charge in [-0.3, -0.25) is 15.1 Å². The summed E-state index contributed by atoms with van der Waals surface area (Å²) in [5.41, 5.74) is 2.74. The van der Waals surface area contributed by atoms with Crippen molar-refractivity contribution in [3.63, 3.8) is 0 Å². The third kappa shape index (κ3) is 3.46. The standard InChI is InChI=1S/C20H25N3O2S/c1-12(2)25-16-7-6-13(3)8-15(16)14-9-17(26-11-14)20(4)10-18(24)23(5)19(21)22-20/h6-9,11-12H,10H2,1-5H3,(H2,21,22)/t20-/m0/s1. The summed E-state index contributed by atoms with van der Waals surface area (Å²) >= 11 is 1.60. The maximum absolute atomic E-state index is 12.2. The molecule has 26 heavy (non-hydrogen) atoms. The molecule has 1 fully saturated rings. The Kier molecular flexibility index (Phi) is 4.80. The lowest BCUT2D eigenvalue weighted by atomic mass is 9.92. The SMILES string of the molecule is Cc1ccc(OC(C)C)c(-c2csc([C@]3(C)CC(=O)N(C)C(=N)N3)c2)c1. The highest BCUT2D eigenvalue weighted by Gasteiger charge is 2.39. The summed E-state index contributed by atoms with van der Waals surface area (Å²) in [6.07, 6.45) is 0.426. The summed E-state index contributed by atoms with van der Waals surface area (Å²) in [6.45, 7) is 8.08. The fourth-order valence-electron chi connectivity index (χ4n) is 3.08. The van der Waals surface area contributed by atoms with Gasteiger partial charge >= 0.3 is 0 Å². The molecule has 1 aliphatic rings. The van der Waals surface area contributed by atoms with Gasteiger partial charge in [0.2, 0.25) is 5.91 Å². The molecular formula is C20H25N3O2S. The molecule has 1 amide bonds. The number of hydrogen-bond acceptors (Lipinski definition) is 4. The van der Waals surface area contributed by atoms with Gasteiger partial charge in [0, 0.05) is 17.5 Å². The Hall–Kier alpha value is -2.34. The molecular weight excluding hydrogens is 346 g/mol. The molecule has 1 saturated heterocycles. The van der Waals surface area contributed by atoms with Gasteiger partial charge in [0.05, 0.1) is 18.1 Å². The van der Waals surface area contributed by atoms with Crippen LogP contribution in [0.1, 0.15) is 37.6 Å². The monoisotopic (exact) mass is 371 g/mol. The number of nitrogens with zero attached hydrogens (tertiary/aromatic N) is 1. The van der Waals surface area contributed by atoms with Gasteiger partial charge in [0.15, 0.2) is 5.96 Å². The smallest absolute Gasteiger partial charge is 0.231 e. The molecule has 2 N–H and O–H groups in total. The number of thiophene rings is 1. The number of guanidine groups is 1. The van der Waals surface area contributed by atoms with Crippen LogP contribution >= 0.6 is 11.3 Å². The molecule has 1 atom stereocenters. The highest BCUT2D eigenvalue weighted by atomic mass is 32.1. The van der Waals surface area contributed by atoms with Crippen molar-refractivity contribution in [3.8, 4) is 16.9 Å². The maximum Gasteiger partial charge on any atom is 0.231 e. The molecule has 1 aromatic carbocycles. The van der Waals surface area contributed by atoms with Crippen molar-refractivity contribution < 1.29 is 9.53 Å². The van der Waals surface area contributed by atoms with Gasteiger partial charge in [-0.1, -0.05) is 11.6 Å². The van der Waals surface area contributed by atoms with Crippen LogP contribution < -0.4 is 10.1 Å². The first-order chi connectivity index (χ1) is 12.2. The summed E-state index contributed by atoms with van der Waals surface area (Å²) in [5, 5.41) is 13.3. The molecule has 0 spiro atoms. The Balaban J connectivity index is 1.97. The van der Waals surface area contributed by atoms with Gasteiger partial charge in [-0.05, 0) is 56.8 Å². The Morgan fingerprint density at radius 1 is 1.35 bits per heavy atom. The van der Waals surface area contributed by atoms with E-state index in [1.807, 2.05) is 32.9 Å². The zero-order valence-electron chi connectivity index (χ0n) is 15.8. The van der Waals surface area contributed by atoms with Gasteiger partial charge in [-0.15, -0.1) is 11.3 Å². The van der Waals surface area contributed by atoms with E-state index >= 15 is 0 Å². The summed E-state index contributed by atoms with van der Waals surface area (Å²) in [6, 6.07) is 8.29. The quantitative estimate of drug-likeness (QED) is 0.850. The largest absolute Gasteiger partial charge is 0.490 e. The van der Waals surface area contributed by atoms with E-state index in [1.165, 1.54) is 10.5 Å². The average molecular weight is 372 g/mol. The topological polar surface area (TPSA) is 65.4 Å². The molecule has 2 aromatic rings. The summed E-state index contributed by atoms with van der Waals surface area (Å²) < 4.78 is 5.98. The van der Waals surface area contributed by atoms with E-state index in [0.29, 0.717) is 6.42 Å². The van der Waals surface area contributed by atoms with Crippen LogP contribution in [0, 0.1) is 12.3 Å². The van der Waals surface area contributed by atoms with Crippen LogP contribution in [0.4, 0.5) is 0 Å². The molecule has 5 nitrogen and oxygen atoms in total. The fraction of sp³-hybridized carbons (Fsp3) is 0.400. The van der Waals surface area contributed by atoms with E-state index in [0.717, 1.165) is 21.8 Å². The highest BCUT2D eigenvalue weighted by molar-refractivity contribution is 7.10. The predicted molar refractivity (Wildman–Crippen MR) is 106 cm³/mol. The Morgan fingerprint density at radius 2 is 2.08 bits per heavy atom. The molecule has 1 aromatic heterocycles. The zero-order chi connectivity index (χ0) is 19.1. The minimum atomic E-state index is -0.563. The third-order valence-corrected chi connectivity index (χ3v) is 5.75. The maximum atomic E-state index is 12.2. The van der Waals surface area contributed by atoms with Crippen molar-refractivity contribution >= 4 is 23.2 Å². The predicted octanol–water partition coefficient (Wildman–Crippen LogP) is 4.11. The zero-order valence-corrected chi connectivity index (χ0v) is 16.7. The molecule has 1 aliphatic heterocycles. The lowest BCUT2D eigenvalue weighted by molar-refractivity contribution is -0.129. The molecule has 0 saturated carbocycles. The Morgan fingerprint density at radius 3 is 2.73 bits per heavy atom. The number of benzene rings is 1. The van der Waals surface area contributed by atoms with E-state index in [2.05, 4.69) is 29.8 Å². The van der Waals surface area contributed by atoms with E-state index in [4.69, 9.17) is 10.1 Å². The molecule has 138 valence electrons. The number of amides is 1. The molecule has 0 unspecified atom stereocenters. The molecule has 0 bridgehead atoms. The summed E-state index contributed by atoms with van der Waals surface area (Å²) in [7, 11) is 1.62. The van der Waals surface area contributed by atoms with Crippen molar-refractivity contribution in [2.24, 2.45) is 0 Å². The van der Waals surface area contributed by atoms with Gasteiger partial charge in [-0.2, -0.15) is 0 Å². The second-order valence-corrected chi connectivity index (χ2v) is 8.21. The molecule has 2 heterocycles. The number of ether oxygens (including phenoxy) is 1.